The summed E-state index contributed by atoms with van der Waals surface area (Å²) in [7, 11) is 0. The van der Waals surface area contributed by atoms with Gasteiger partial charge in [-0.15, -0.1) is 0 Å². The van der Waals surface area contributed by atoms with Crippen molar-refractivity contribution in [2.24, 2.45) is 11.8 Å². The molecular weight excluding hydrogens is 212 g/mol. The van der Waals surface area contributed by atoms with Crippen LogP contribution in [-0.4, -0.2) is 16.5 Å². The van der Waals surface area contributed by atoms with Gasteiger partial charge in [-0.25, -0.2) is 9.97 Å². The molecule has 3 N–H and O–H groups in total. The molecule has 1 saturated carbocycles. The Morgan fingerprint density at radius 1 is 1.41 bits per heavy atom. The van der Waals surface area contributed by atoms with Gasteiger partial charge >= 0.3 is 0 Å². The van der Waals surface area contributed by atoms with Crippen LogP contribution in [0.4, 0.5) is 11.6 Å². The zero-order valence-electron chi connectivity index (χ0n) is 11.1. The van der Waals surface area contributed by atoms with E-state index in [4.69, 9.17) is 5.73 Å². The lowest BCUT2D eigenvalue weighted by molar-refractivity contribution is 0.547. The molecule has 0 aliphatic heterocycles. The highest BCUT2D eigenvalue weighted by Crippen LogP contribution is 2.37. The van der Waals surface area contributed by atoms with E-state index in [9.17, 15) is 0 Å². The van der Waals surface area contributed by atoms with E-state index in [0.717, 1.165) is 30.0 Å². The number of nitrogen functional groups attached to an aromatic ring is 1. The van der Waals surface area contributed by atoms with E-state index >= 15 is 0 Å². The fourth-order valence-electron chi connectivity index (χ4n) is 1.81. The first-order chi connectivity index (χ1) is 7.86. The maximum Gasteiger partial charge on any atom is 0.138 e. The standard InChI is InChI=1S/C13H22N4/c1-8-5-9(8)7-15-11-6-10(14)16-12(17-11)13(2,3)4/h6,8-9H,5,7H2,1-4H3,(H3,14,15,16,17). The van der Waals surface area contributed by atoms with Crippen molar-refractivity contribution in [2.75, 3.05) is 17.6 Å². The normalized spacial score (nSPS) is 23.5. The first kappa shape index (κ1) is 12.1. The van der Waals surface area contributed by atoms with Gasteiger partial charge in [-0.05, 0) is 18.3 Å². The number of nitrogens with one attached hydrogen (secondary N) is 1. The van der Waals surface area contributed by atoms with Crippen molar-refractivity contribution in [3.8, 4) is 0 Å². The molecule has 94 valence electrons. The Hall–Kier alpha value is -1.32. The Labute approximate surface area is 103 Å². The molecule has 4 heteroatoms. The van der Waals surface area contributed by atoms with Crippen LogP contribution in [0.15, 0.2) is 6.07 Å². The number of nitrogens with zero attached hydrogens (tertiary/aromatic N) is 2. The SMILES string of the molecule is CC1CC1CNc1cc(N)nc(C(C)(C)C)n1. The third kappa shape index (κ3) is 3.08. The molecule has 0 spiro atoms. The van der Waals surface area contributed by atoms with E-state index in [1.165, 1.54) is 6.42 Å². The molecule has 1 heterocycles. The molecule has 1 aliphatic rings. The number of hydrogen-bond donors (Lipinski definition) is 2. The summed E-state index contributed by atoms with van der Waals surface area (Å²) in [5, 5.41) is 3.36. The lowest BCUT2D eigenvalue weighted by Crippen LogP contribution is -2.18. The maximum atomic E-state index is 5.81. The molecule has 17 heavy (non-hydrogen) atoms. The molecule has 0 radical (unpaired) electrons. The smallest absolute Gasteiger partial charge is 0.138 e. The number of rotatable bonds is 3. The van der Waals surface area contributed by atoms with Crippen LogP contribution in [0.2, 0.25) is 0 Å². The van der Waals surface area contributed by atoms with E-state index < -0.39 is 0 Å². The Morgan fingerprint density at radius 2 is 2.06 bits per heavy atom. The number of nitrogens with two attached hydrogens (primary N) is 1. The van der Waals surface area contributed by atoms with Crippen LogP contribution in [-0.2, 0) is 5.41 Å². The summed E-state index contributed by atoms with van der Waals surface area (Å²) >= 11 is 0. The van der Waals surface area contributed by atoms with Crippen molar-refractivity contribution in [1.29, 1.82) is 0 Å². The van der Waals surface area contributed by atoms with E-state index in [1.807, 2.05) is 6.07 Å². The number of hydrogen-bond acceptors (Lipinski definition) is 4. The third-order valence-electron chi connectivity index (χ3n) is 3.24. The van der Waals surface area contributed by atoms with Crippen LogP contribution in [0.25, 0.3) is 0 Å². The van der Waals surface area contributed by atoms with Gasteiger partial charge in [-0.2, -0.15) is 0 Å². The molecule has 2 unspecified atom stereocenters. The van der Waals surface area contributed by atoms with Crippen molar-refractivity contribution in [2.45, 2.75) is 39.5 Å². The van der Waals surface area contributed by atoms with Crippen molar-refractivity contribution >= 4 is 11.6 Å². The zero-order chi connectivity index (χ0) is 12.6. The molecule has 1 fully saturated rings. The first-order valence-electron chi connectivity index (χ1n) is 6.25. The molecule has 1 aromatic heterocycles. The lowest BCUT2D eigenvalue weighted by Gasteiger charge is -2.18. The number of anilines is 2. The van der Waals surface area contributed by atoms with Gasteiger partial charge in [-0.3, -0.25) is 0 Å². The van der Waals surface area contributed by atoms with Crippen LogP contribution in [0.1, 0.15) is 39.9 Å². The molecule has 1 aliphatic carbocycles. The summed E-state index contributed by atoms with van der Waals surface area (Å²) in [5.74, 6) is 3.83. The third-order valence-corrected chi connectivity index (χ3v) is 3.24. The first-order valence-corrected chi connectivity index (χ1v) is 6.25. The molecular formula is C13H22N4. The lowest BCUT2D eigenvalue weighted by atomic mass is 9.96. The largest absolute Gasteiger partial charge is 0.384 e. The molecule has 4 nitrogen and oxygen atoms in total. The summed E-state index contributed by atoms with van der Waals surface area (Å²) in [4.78, 5) is 8.82. The van der Waals surface area contributed by atoms with Crippen LogP contribution in [0.5, 0.6) is 0 Å². The minimum Gasteiger partial charge on any atom is -0.384 e. The predicted molar refractivity (Wildman–Crippen MR) is 70.9 cm³/mol. The molecule has 2 atom stereocenters. The van der Waals surface area contributed by atoms with E-state index in [-0.39, 0.29) is 5.41 Å². The van der Waals surface area contributed by atoms with E-state index in [2.05, 4.69) is 43.0 Å². The van der Waals surface area contributed by atoms with Crippen molar-refractivity contribution in [3.63, 3.8) is 0 Å². The second-order valence-electron chi connectivity index (χ2n) is 6.11. The highest BCUT2D eigenvalue weighted by atomic mass is 15.1. The Balaban J connectivity index is 2.08. The van der Waals surface area contributed by atoms with Gasteiger partial charge in [0.25, 0.3) is 0 Å². The molecule has 0 aromatic carbocycles. The minimum atomic E-state index is -0.0708. The average Bonchev–Trinajstić information content (AvgIpc) is 2.90. The van der Waals surface area contributed by atoms with Crippen molar-refractivity contribution in [3.05, 3.63) is 11.9 Å². The van der Waals surface area contributed by atoms with E-state index in [1.54, 1.807) is 0 Å². The zero-order valence-corrected chi connectivity index (χ0v) is 11.1. The number of aromatic nitrogens is 2. The van der Waals surface area contributed by atoms with E-state index in [0.29, 0.717) is 5.82 Å². The Bertz CT molecular complexity index is 408. The topological polar surface area (TPSA) is 63.8 Å². The van der Waals surface area contributed by atoms with Gasteiger partial charge in [0, 0.05) is 18.0 Å². The van der Waals surface area contributed by atoms with Crippen LogP contribution >= 0.6 is 0 Å². The second kappa shape index (κ2) is 4.17. The molecule has 1 aromatic rings. The summed E-state index contributed by atoms with van der Waals surface area (Å²) in [6.07, 6.45) is 1.32. The molecule has 0 bridgehead atoms. The summed E-state index contributed by atoms with van der Waals surface area (Å²) in [5.41, 5.74) is 5.74. The van der Waals surface area contributed by atoms with Gasteiger partial charge in [0.05, 0.1) is 0 Å². The fourth-order valence-corrected chi connectivity index (χ4v) is 1.81. The molecule has 2 rings (SSSR count). The Kier molecular flexibility index (Phi) is 2.98. The quantitative estimate of drug-likeness (QED) is 0.843. The average molecular weight is 234 g/mol. The maximum absolute atomic E-state index is 5.81. The van der Waals surface area contributed by atoms with Crippen LogP contribution in [0, 0.1) is 11.8 Å². The monoisotopic (exact) mass is 234 g/mol. The molecule has 0 amide bonds. The van der Waals surface area contributed by atoms with Crippen molar-refractivity contribution in [1.82, 2.24) is 9.97 Å². The van der Waals surface area contributed by atoms with Gasteiger partial charge in [-0.1, -0.05) is 27.7 Å². The van der Waals surface area contributed by atoms with Crippen LogP contribution in [0.3, 0.4) is 0 Å². The molecule has 0 saturated heterocycles. The fraction of sp³-hybridized carbons (Fsp3) is 0.692. The van der Waals surface area contributed by atoms with Gasteiger partial charge in [0.2, 0.25) is 0 Å². The summed E-state index contributed by atoms with van der Waals surface area (Å²) in [6.45, 7) is 9.54. The summed E-state index contributed by atoms with van der Waals surface area (Å²) < 4.78 is 0. The summed E-state index contributed by atoms with van der Waals surface area (Å²) in [6, 6.07) is 1.81. The van der Waals surface area contributed by atoms with Crippen LogP contribution < -0.4 is 11.1 Å². The predicted octanol–water partition coefficient (Wildman–Crippen LogP) is 2.42. The highest BCUT2D eigenvalue weighted by Gasteiger charge is 2.32. The second-order valence-corrected chi connectivity index (χ2v) is 6.11. The van der Waals surface area contributed by atoms with Gasteiger partial charge < -0.3 is 11.1 Å². The highest BCUT2D eigenvalue weighted by molar-refractivity contribution is 5.45. The van der Waals surface area contributed by atoms with Gasteiger partial charge in [0.15, 0.2) is 0 Å². The minimum absolute atomic E-state index is 0.0708. The van der Waals surface area contributed by atoms with Gasteiger partial charge in [0.1, 0.15) is 17.5 Å². The Morgan fingerprint density at radius 3 is 2.59 bits per heavy atom. The van der Waals surface area contributed by atoms with Crippen molar-refractivity contribution < 1.29 is 0 Å².